The van der Waals surface area contributed by atoms with E-state index in [1.54, 1.807) is 16.2 Å². The Hall–Kier alpha value is -0.540. The summed E-state index contributed by atoms with van der Waals surface area (Å²) < 4.78 is 0. The van der Waals surface area contributed by atoms with E-state index in [9.17, 15) is 4.79 Å². The molecule has 15 heavy (non-hydrogen) atoms. The zero-order chi connectivity index (χ0) is 11.3. The third-order valence-corrected chi connectivity index (χ3v) is 3.57. The molecule has 1 amide bonds. The van der Waals surface area contributed by atoms with Crippen LogP contribution in [0.15, 0.2) is 11.4 Å². The predicted molar refractivity (Wildman–Crippen MR) is 65.5 cm³/mol. The number of amides is 1. The molecule has 4 heteroatoms. The smallest absolute Gasteiger partial charge is 0.222 e. The maximum Gasteiger partial charge on any atom is 0.222 e. The van der Waals surface area contributed by atoms with Crippen LogP contribution in [0.5, 0.6) is 0 Å². The number of thiophene rings is 1. The summed E-state index contributed by atoms with van der Waals surface area (Å²) in [4.78, 5) is 14.6. The van der Waals surface area contributed by atoms with Crippen LogP contribution in [0.2, 0.25) is 0 Å². The Balaban J connectivity index is 2.45. The number of carbonyl (C=O) groups is 1. The van der Waals surface area contributed by atoms with Crippen molar-refractivity contribution in [3.63, 3.8) is 0 Å². The summed E-state index contributed by atoms with van der Waals surface area (Å²) in [6.45, 7) is 2.79. The molecule has 84 valence electrons. The molecule has 0 fully saturated rings. The third kappa shape index (κ3) is 3.84. The number of aryl methyl sites for hydroxylation is 1. The maximum absolute atomic E-state index is 11.6. The molecule has 0 N–H and O–H groups in total. The Labute approximate surface area is 99.9 Å². The summed E-state index contributed by atoms with van der Waals surface area (Å²) in [7, 11) is 1.84. The van der Waals surface area contributed by atoms with Gasteiger partial charge in [0.2, 0.25) is 5.91 Å². The van der Waals surface area contributed by atoms with E-state index in [0.717, 1.165) is 6.42 Å². The van der Waals surface area contributed by atoms with E-state index >= 15 is 0 Å². The molecule has 0 aliphatic carbocycles. The summed E-state index contributed by atoms with van der Waals surface area (Å²) in [6.07, 6.45) is 1.30. The Bertz CT molecular complexity index is 324. The molecule has 1 rings (SSSR count). The molecule has 1 aromatic rings. The highest BCUT2D eigenvalue weighted by atomic mass is 35.5. The molecule has 0 aromatic carbocycles. The van der Waals surface area contributed by atoms with Gasteiger partial charge >= 0.3 is 0 Å². The van der Waals surface area contributed by atoms with Crippen LogP contribution in [-0.2, 0) is 11.3 Å². The lowest BCUT2D eigenvalue weighted by molar-refractivity contribution is -0.130. The maximum atomic E-state index is 11.6. The molecule has 0 atom stereocenters. The second-order valence-electron chi connectivity index (χ2n) is 3.57. The number of carbonyl (C=O) groups excluding carboxylic acids is 1. The van der Waals surface area contributed by atoms with Gasteiger partial charge < -0.3 is 4.90 Å². The van der Waals surface area contributed by atoms with Crippen molar-refractivity contribution in [2.45, 2.75) is 26.3 Å². The summed E-state index contributed by atoms with van der Waals surface area (Å²) in [5, 5.41) is 2.06. The molecule has 0 spiro atoms. The number of halogens is 1. The molecule has 0 unspecified atom stereocenters. The van der Waals surface area contributed by atoms with E-state index < -0.39 is 0 Å². The van der Waals surface area contributed by atoms with Gasteiger partial charge in [-0.15, -0.1) is 22.9 Å². The average molecular weight is 246 g/mol. The minimum Gasteiger partial charge on any atom is -0.341 e. The summed E-state index contributed by atoms with van der Waals surface area (Å²) >= 11 is 7.25. The van der Waals surface area contributed by atoms with E-state index in [2.05, 4.69) is 18.4 Å². The molecule has 2 nitrogen and oxygen atoms in total. The van der Waals surface area contributed by atoms with Crippen molar-refractivity contribution in [1.29, 1.82) is 0 Å². The van der Waals surface area contributed by atoms with Crippen LogP contribution in [0.1, 0.15) is 23.3 Å². The van der Waals surface area contributed by atoms with Crippen LogP contribution in [-0.4, -0.2) is 23.7 Å². The van der Waals surface area contributed by atoms with Gasteiger partial charge in [-0.25, -0.2) is 0 Å². The Morgan fingerprint density at radius 2 is 2.33 bits per heavy atom. The molecule has 0 saturated carbocycles. The summed E-state index contributed by atoms with van der Waals surface area (Å²) in [5.74, 6) is 0.723. The van der Waals surface area contributed by atoms with Gasteiger partial charge in [-0.05, 0) is 30.4 Å². The van der Waals surface area contributed by atoms with Crippen molar-refractivity contribution in [3.05, 3.63) is 21.9 Å². The fourth-order valence-corrected chi connectivity index (χ4v) is 2.37. The third-order valence-electron chi connectivity index (χ3n) is 2.30. The van der Waals surface area contributed by atoms with E-state index in [1.165, 1.54) is 10.4 Å². The highest BCUT2D eigenvalue weighted by Crippen LogP contribution is 2.17. The van der Waals surface area contributed by atoms with E-state index in [-0.39, 0.29) is 5.91 Å². The first-order valence-electron chi connectivity index (χ1n) is 4.98. The minimum atomic E-state index is 0.170. The van der Waals surface area contributed by atoms with Crippen molar-refractivity contribution >= 4 is 28.8 Å². The minimum absolute atomic E-state index is 0.170. The largest absolute Gasteiger partial charge is 0.341 e. The van der Waals surface area contributed by atoms with Crippen molar-refractivity contribution < 1.29 is 4.79 Å². The zero-order valence-corrected chi connectivity index (χ0v) is 10.7. The SMILES string of the molecule is Cc1ccsc1CN(C)C(=O)CCCCl. The molecule has 0 aliphatic rings. The quantitative estimate of drug-likeness (QED) is 0.731. The zero-order valence-electron chi connectivity index (χ0n) is 9.12. The summed E-state index contributed by atoms with van der Waals surface area (Å²) in [6, 6.07) is 2.08. The topological polar surface area (TPSA) is 20.3 Å². The van der Waals surface area contributed by atoms with Crippen LogP contribution < -0.4 is 0 Å². The van der Waals surface area contributed by atoms with Crippen LogP contribution in [0.3, 0.4) is 0 Å². The molecular formula is C11H16ClNOS. The normalized spacial score (nSPS) is 10.3. The molecule has 0 bridgehead atoms. The average Bonchev–Trinajstić information content (AvgIpc) is 2.61. The number of nitrogens with zero attached hydrogens (tertiary/aromatic N) is 1. The van der Waals surface area contributed by atoms with Gasteiger partial charge in [0, 0.05) is 24.2 Å². The van der Waals surface area contributed by atoms with E-state index in [4.69, 9.17) is 11.6 Å². The van der Waals surface area contributed by atoms with E-state index in [0.29, 0.717) is 18.8 Å². The number of alkyl halides is 1. The van der Waals surface area contributed by atoms with Crippen molar-refractivity contribution in [2.24, 2.45) is 0 Å². The van der Waals surface area contributed by atoms with Gasteiger partial charge in [0.25, 0.3) is 0 Å². The Morgan fingerprint density at radius 3 is 2.87 bits per heavy atom. The molecule has 1 heterocycles. The van der Waals surface area contributed by atoms with Crippen LogP contribution in [0.25, 0.3) is 0 Å². The van der Waals surface area contributed by atoms with Crippen molar-refractivity contribution in [3.8, 4) is 0 Å². The van der Waals surface area contributed by atoms with Gasteiger partial charge in [-0.1, -0.05) is 0 Å². The van der Waals surface area contributed by atoms with Crippen molar-refractivity contribution in [2.75, 3.05) is 12.9 Å². The molecule has 0 aliphatic heterocycles. The highest BCUT2D eigenvalue weighted by molar-refractivity contribution is 7.10. The first-order chi connectivity index (χ1) is 7.15. The number of hydrogen-bond acceptors (Lipinski definition) is 2. The lowest BCUT2D eigenvalue weighted by Gasteiger charge is -2.16. The molecular weight excluding hydrogens is 230 g/mol. The lowest BCUT2D eigenvalue weighted by Crippen LogP contribution is -2.25. The lowest BCUT2D eigenvalue weighted by atomic mass is 10.2. The van der Waals surface area contributed by atoms with Crippen LogP contribution in [0, 0.1) is 6.92 Å². The first-order valence-corrected chi connectivity index (χ1v) is 6.39. The van der Waals surface area contributed by atoms with Crippen LogP contribution >= 0.6 is 22.9 Å². The Kier molecular flexibility index (Phi) is 5.12. The van der Waals surface area contributed by atoms with E-state index in [1.807, 2.05) is 7.05 Å². The van der Waals surface area contributed by atoms with Gasteiger partial charge in [0.05, 0.1) is 6.54 Å². The fraction of sp³-hybridized carbons (Fsp3) is 0.545. The van der Waals surface area contributed by atoms with Gasteiger partial charge in [0.1, 0.15) is 0 Å². The van der Waals surface area contributed by atoms with Crippen LogP contribution in [0.4, 0.5) is 0 Å². The summed E-state index contributed by atoms with van der Waals surface area (Å²) in [5.41, 5.74) is 1.26. The monoisotopic (exact) mass is 245 g/mol. The first kappa shape index (κ1) is 12.5. The van der Waals surface area contributed by atoms with Gasteiger partial charge in [0.15, 0.2) is 0 Å². The standard InChI is InChI=1S/C11H16ClNOS/c1-9-5-7-15-10(9)8-13(2)11(14)4-3-6-12/h5,7H,3-4,6,8H2,1-2H3. The highest BCUT2D eigenvalue weighted by Gasteiger charge is 2.10. The second kappa shape index (κ2) is 6.13. The van der Waals surface area contributed by atoms with Gasteiger partial charge in [-0.3, -0.25) is 4.79 Å². The van der Waals surface area contributed by atoms with Gasteiger partial charge in [-0.2, -0.15) is 0 Å². The molecule has 0 radical (unpaired) electrons. The predicted octanol–water partition coefficient (Wildman–Crippen LogP) is 3.03. The number of rotatable bonds is 5. The Morgan fingerprint density at radius 1 is 1.60 bits per heavy atom. The van der Waals surface area contributed by atoms with Crippen molar-refractivity contribution in [1.82, 2.24) is 4.90 Å². The fourth-order valence-electron chi connectivity index (χ4n) is 1.28. The number of hydrogen-bond donors (Lipinski definition) is 0. The molecule has 1 aromatic heterocycles. The molecule has 0 saturated heterocycles. The second-order valence-corrected chi connectivity index (χ2v) is 4.95.